The molecule has 0 spiro atoms. The molecule has 0 amide bonds. The van der Waals surface area contributed by atoms with Crippen molar-refractivity contribution >= 4 is 11.6 Å². The summed E-state index contributed by atoms with van der Waals surface area (Å²) in [7, 11) is 0. The fraction of sp³-hybridized carbons (Fsp3) is 0.143. The van der Waals surface area contributed by atoms with Crippen molar-refractivity contribution in [2.75, 3.05) is 0 Å². The Balaban J connectivity index is 2.23. The molecule has 100 valence electrons. The normalized spacial score (nSPS) is 12.5. The Morgan fingerprint density at radius 3 is 2.26 bits per heavy atom. The molecule has 1 atom stereocenters. The van der Waals surface area contributed by atoms with Crippen molar-refractivity contribution in [1.82, 2.24) is 0 Å². The Labute approximate surface area is 113 Å². The highest BCUT2D eigenvalue weighted by Crippen LogP contribution is 2.22. The van der Waals surface area contributed by atoms with Crippen molar-refractivity contribution in [3.63, 3.8) is 0 Å². The smallest absolute Gasteiger partial charge is 0.194 e. The molecule has 2 aromatic carbocycles. The lowest BCUT2D eigenvalue weighted by Crippen LogP contribution is -2.14. The van der Waals surface area contributed by atoms with Crippen LogP contribution in [0.1, 0.15) is 17.2 Å². The van der Waals surface area contributed by atoms with Crippen molar-refractivity contribution in [1.29, 1.82) is 0 Å². The van der Waals surface area contributed by atoms with E-state index in [1.54, 1.807) is 18.2 Å². The molecule has 0 aromatic heterocycles. The standard InChI is InChI=1S/C14H11ClF3N/c15-10-3-1-2-8(4-10)5-13(19)9-6-11(16)14(18)12(17)7-9/h1-4,6-7,13H,5,19H2. The van der Waals surface area contributed by atoms with E-state index in [0.717, 1.165) is 17.7 Å². The zero-order valence-electron chi connectivity index (χ0n) is 9.84. The lowest BCUT2D eigenvalue weighted by molar-refractivity contribution is 0.443. The van der Waals surface area contributed by atoms with Crippen LogP contribution in [0.4, 0.5) is 13.2 Å². The van der Waals surface area contributed by atoms with Crippen molar-refractivity contribution in [2.24, 2.45) is 5.73 Å². The van der Waals surface area contributed by atoms with E-state index in [-0.39, 0.29) is 5.56 Å². The van der Waals surface area contributed by atoms with E-state index in [4.69, 9.17) is 17.3 Å². The second-order valence-corrected chi connectivity index (χ2v) is 4.68. The molecular weight excluding hydrogens is 275 g/mol. The van der Waals surface area contributed by atoms with Crippen LogP contribution in [-0.4, -0.2) is 0 Å². The summed E-state index contributed by atoms with van der Waals surface area (Å²) in [6.07, 6.45) is 0.352. The van der Waals surface area contributed by atoms with Gasteiger partial charge in [0, 0.05) is 11.1 Å². The minimum absolute atomic E-state index is 0.205. The van der Waals surface area contributed by atoms with Gasteiger partial charge in [-0.05, 0) is 41.8 Å². The van der Waals surface area contributed by atoms with Gasteiger partial charge in [-0.1, -0.05) is 23.7 Å². The van der Waals surface area contributed by atoms with Crippen LogP contribution in [0, 0.1) is 17.5 Å². The zero-order chi connectivity index (χ0) is 14.0. The quantitative estimate of drug-likeness (QED) is 0.848. The van der Waals surface area contributed by atoms with E-state index in [1.807, 2.05) is 6.07 Å². The molecule has 0 heterocycles. The highest BCUT2D eigenvalue weighted by Gasteiger charge is 2.15. The van der Waals surface area contributed by atoms with E-state index in [2.05, 4.69) is 0 Å². The molecule has 0 aliphatic carbocycles. The number of halogens is 4. The second kappa shape index (κ2) is 5.63. The van der Waals surface area contributed by atoms with Crippen LogP contribution in [0.15, 0.2) is 36.4 Å². The van der Waals surface area contributed by atoms with Gasteiger partial charge in [0.2, 0.25) is 0 Å². The number of rotatable bonds is 3. The van der Waals surface area contributed by atoms with Crippen LogP contribution in [-0.2, 0) is 6.42 Å². The number of hydrogen-bond donors (Lipinski definition) is 1. The van der Waals surface area contributed by atoms with E-state index in [0.29, 0.717) is 11.4 Å². The third kappa shape index (κ3) is 3.28. The Bertz CT molecular complexity index is 578. The minimum Gasteiger partial charge on any atom is -0.324 e. The molecule has 1 nitrogen and oxygen atoms in total. The lowest BCUT2D eigenvalue weighted by atomic mass is 9.99. The van der Waals surface area contributed by atoms with Crippen LogP contribution < -0.4 is 5.73 Å². The van der Waals surface area contributed by atoms with E-state index in [9.17, 15) is 13.2 Å². The van der Waals surface area contributed by atoms with Crippen molar-refractivity contribution in [3.8, 4) is 0 Å². The third-order valence-electron chi connectivity index (χ3n) is 2.78. The SMILES string of the molecule is NC(Cc1cccc(Cl)c1)c1cc(F)c(F)c(F)c1. The Morgan fingerprint density at radius 1 is 1.05 bits per heavy atom. The van der Waals surface area contributed by atoms with E-state index >= 15 is 0 Å². The summed E-state index contributed by atoms with van der Waals surface area (Å²) in [5.41, 5.74) is 6.91. The summed E-state index contributed by atoms with van der Waals surface area (Å²) in [6.45, 7) is 0. The zero-order valence-corrected chi connectivity index (χ0v) is 10.6. The van der Waals surface area contributed by atoms with E-state index < -0.39 is 23.5 Å². The average molecular weight is 286 g/mol. The molecule has 0 fully saturated rings. The molecule has 1 unspecified atom stereocenters. The highest BCUT2D eigenvalue weighted by atomic mass is 35.5. The third-order valence-corrected chi connectivity index (χ3v) is 3.01. The van der Waals surface area contributed by atoms with Gasteiger partial charge in [-0.25, -0.2) is 13.2 Å². The van der Waals surface area contributed by atoms with Gasteiger partial charge in [-0.3, -0.25) is 0 Å². The molecule has 0 radical (unpaired) electrons. The molecule has 0 bridgehead atoms. The first kappa shape index (κ1) is 13.9. The van der Waals surface area contributed by atoms with E-state index in [1.165, 1.54) is 0 Å². The Kier molecular flexibility index (Phi) is 4.12. The molecule has 0 saturated carbocycles. The number of hydrogen-bond acceptors (Lipinski definition) is 1. The van der Waals surface area contributed by atoms with Crippen molar-refractivity contribution in [2.45, 2.75) is 12.5 Å². The van der Waals surface area contributed by atoms with Crippen molar-refractivity contribution in [3.05, 3.63) is 70.0 Å². The predicted octanol–water partition coefficient (Wildman–Crippen LogP) is 4.00. The van der Waals surface area contributed by atoms with Crippen LogP contribution in [0.3, 0.4) is 0 Å². The minimum atomic E-state index is -1.49. The summed E-state index contributed by atoms with van der Waals surface area (Å²) in [6, 6.07) is 8.19. The van der Waals surface area contributed by atoms with Gasteiger partial charge in [-0.15, -0.1) is 0 Å². The topological polar surface area (TPSA) is 26.0 Å². The van der Waals surface area contributed by atoms with Crippen molar-refractivity contribution < 1.29 is 13.2 Å². The highest BCUT2D eigenvalue weighted by molar-refractivity contribution is 6.30. The Hall–Kier alpha value is -1.52. The fourth-order valence-corrected chi connectivity index (χ4v) is 2.04. The van der Waals surface area contributed by atoms with Gasteiger partial charge < -0.3 is 5.73 Å². The molecule has 5 heteroatoms. The first-order valence-electron chi connectivity index (χ1n) is 5.62. The summed E-state index contributed by atoms with van der Waals surface area (Å²) in [5, 5.41) is 0.557. The van der Waals surface area contributed by atoms with Gasteiger partial charge in [0.05, 0.1) is 0 Å². The average Bonchev–Trinajstić information content (AvgIpc) is 2.35. The molecule has 0 saturated heterocycles. The maximum absolute atomic E-state index is 13.1. The fourth-order valence-electron chi connectivity index (χ4n) is 1.82. The summed E-state index contributed by atoms with van der Waals surface area (Å²) >= 11 is 5.84. The predicted molar refractivity (Wildman–Crippen MR) is 68.4 cm³/mol. The van der Waals surface area contributed by atoms with Crippen LogP contribution in [0.5, 0.6) is 0 Å². The molecule has 2 aromatic rings. The van der Waals surface area contributed by atoms with Gasteiger partial charge in [0.25, 0.3) is 0 Å². The van der Waals surface area contributed by atoms with Crippen LogP contribution in [0.25, 0.3) is 0 Å². The maximum Gasteiger partial charge on any atom is 0.194 e. The number of nitrogens with two attached hydrogens (primary N) is 1. The summed E-state index contributed by atoms with van der Waals surface area (Å²) < 4.78 is 39.1. The maximum atomic E-state index is 13.1. The second-order valence-electron chi connectivity index (χ2n) is 4.24. The lowest BCUT2D eigenvalue weighted by Gasteiger charge is -2.13. The van der Waals surface area contributed by atoms with Crippen LogP contribution in [0.2, 0.25) is 5.02 Å². The molecule has 2 N–H and O–H groups in total. The first-order valence-corrected chi connectivity index (χ1v) is 5.99. The molecule has 19 heavy (non-hydrogen) atoms. The molecular formula is C14H11ClF3N. The van der Waals surface area contributed by atoms with Gasteiger partial charge in [0.15, 0.2) is 17.5 Å². The Morgan fingerprint density at radius 2 is 1.68 bits per heavy atom. The summed E-state index contributed by atoms with van der Waals surface area (Å²) in [5.74, 6) is -3.97. The van der Waals surface area contributed by atoms with Crippen LogP contribution >= 0.6 is 11.6 Å². The largest absolute Gasteiger partial charge is 0.324 e. The van der Waals surface area contributed by atoms with Gasteiger partial charge in [0.1, 0.15) is 0 Å². The summed E-state index contributed by atoms with van der Waals surface area (Å²) in [4.78, 5) is 0. The van der Waals surface area contributed by atoms with Gasteiger partial charge >= 0.3 is 0 Å². The van der Waals surface area contributed by atoms with Gasteiger partial charge in [-0.2, -0.15) is 0 Å². The molecule has 0 aliphatic rings. The monoisotopic (exact) mass is 285 g/mol. The molecule has 0 aliphatic heterocycles. The number of benzene rings is 2. The molecule has 2 rings (SSSR count). The first-order chi connectivity index (χ1) is 8.97.